The lowest BCUT2D eigenvalue weighted by atomic mass is 10.1. The lowest BCUT2D eigenvalue weighted by molar-refractivity contribution is 0.496. The minimum atomic E-state index is 1.14. The van der Waals surface area contributed by atoms with E-state index in [1.54, 1.807) is 0 Å². The summed E-state index contributed by atoms with van der Waals surface area (Å²) in [6.45, 7) is 7.92. The maximum atomic E-state index is 2.35. The van der Waals surface area contributed by atoms with Gasteiger partial charge in [0.25, 0.3) is 0 Å². The van der Waals surface area contributed by atoms with Crippen LogP contribution in [0.15, 0.2) is 24.6 Å². The molecular formula is C19H37N. The topological polar surface area (TPSA) is 3.24 Å². The zero-order valence-corrected chi connectivity index (χ0v) is 14.2. The second-order valence-electron chi connectivity index (χ2n) is 5.71. The van der Waals surface area contributed by atoms with E-state index in [0.717, 1.165) is 6.54 Å². The average molecular weight is 280 g/mol. The van der Waals surface area contributed by atoms with Crippen LogP contribution in [-0.2, 0) is 0 Å². The first kappa shape index (κ1) is 19.3. The Morgan fingerprint density at radius 3 is 1.50 bits per heavy atom. The molecule has 0 saturated carbocycles. The predicted molar refractivity (Wildman–Crippen MR) is 92.8 cm³/mol. The number of hydrogen-bond donors (Lipinski definition) is 0. The SMILES string of the molecule is CCCCCC/C=C/N(/C=C/CCCCCC)CCC. The highest BCUT2D eigenvalue weighted by Crippen LogP contribution is 2.06. The number of nitrogens with zero attached hydrogens (tertiary/aromatic N) is 1. The van der Waals surface area contributed by atoms with E-state index in [1.807, 2.05) is 0 Å². The molecule has 0 atom stereocenters. The largest absolute Gasteiger partial charge is 0.355 e. The summed E-state index contributed by atoms with van der Waals surface area (Å²) >= 11 is 0. The van der Waals surface area contributed by atoms with Crippen LogP contribution in [0.5, 0.6) is 0 Å². The van der Waals surface area contributed by atoms with E-state index >= 15 is 0 Å². The number of allylic oxidation sites excluding steroid dienone is 2. The lowest BCUT2D eigenvalue weighted by Crippen LogP contribution is -2.09. The molecule has 0 aliphatic carbocycles. The van der Waals surface area contributed by atoms with Crippen molar-refractivity contribution in [2.45, 2.75) is 91.4 Å². The predicted octanol–water partition coefficient (Wildman–Crippen LogP) is 6.67. The number of hydrogen-bond acceptors (Lipinski definition) is 1. The van der Waals surface area contributed by atoms with Gasteiger partial charge in [0, 0.05) is 6.54 Å². The van der Waals surface area contributed by atoms with E-state index in [0.29, 0.717) is 0 Å². The first-order chi connectivity index (χ1) is 9.85. The van der Waals surface area contributed by atoms with E-state index in [9.17, 15) is 0 Å². The molecule has 118 valence electrons. The van der Waals surface area contributed by atoms with Gasteiger partial charge in [0.05, 0.1) is 0 Å². The van der Waals surface area contributed by atoms with Gasteiger partial charge < -0.3 is 4.90 Å². The van der Waals surface area contributed by atoms with Crippen molar-refractivity contribution in [2.24, 2.45) is 0 Å². The molecule has 0 saturated heterocycles. The minimum absolute atomic E-state index is 1.14. The molecule has 0 N–H and O–H groups in total. The Kier molecular flexibility index (Phi) is 15.7. The van der Waals surface area contributed by atoms with Crippen molar-refractivity contribution in [3.63, 3.8) is 0 Å². The Bertz CT molecular complexity index is 208. The monoisotopic (exact) mass is 279 g/mol. The third-order valence-corrected chi connectivity index (χ3v) is 3.52. The quantitative estimate of drug-likeness (QED) is 0.321. The Morgan fingerprint density at radius 2 is 1.10 bits per heavy atom. The standard InChI is InChI=1S/C19H37N/c1-4-7-9-11-13-15-18-20(17-6-3)19-16-14-12-10-8-5-2/h15-16,18-19H,4-14,17H2,1-3H3/b18-15+,19-16+. The van der Waals surface area contributed by atoms with E-state index in [1.165, 1.54) is 70.6 Å². The van der Waals surface area contributed by atoms with Gasteiger partial charge in [-0.1, -0.05) is 71.4 Å². The van der Waals surface area contributed by atoms with Gasteiger partial charge in [-0.25, -0.2) is 0 Å². The summed E-state index contributed by atoms with van der Waals surface area (Å²) in [6.07, 6.45) is 23.7. The van der Waals surface area contributed by atoms with Crippen LogP contribution in [0.4, 0.5) is 0 Å². The molecule has 0 aliphatic rings. The van der Waals surface area contributed by atoms with Crippen LogP contribution in [0.1, 0.15) is 91.4 Å². The van der Waals surface area contributed by atoms with Crippen LogP contribution in [0, 0.1) is 0 Å². The molecule has 1 nitrogen and oxygen atoms in total. The smallest absolute Gasteiger partial charge is 0.0216 e. The Labute approximate surface area is 128 Å². The molecule has 0 spiro atoms. The molecule has 0 aliphatic heterocycles. The molecule has 0 aromatic heterocycles. The van der Waals surface area contributed by atoms with Crippen molar-refractivity contribution in [3.8, 4) is 0 Å². The first-order valence-electron chi connectivity index (χ1n) is 8.94. The van der Waals surface area contributed by atoms with Gasteiger partial charge in [-0.15, -0.1) is 0 Å². The zero-order valence-electron chi connectivity index (χ0n) is 14.2. The molecule has 0 radical (unpaired) electrons. The van der Waals surface area contributed by atoms with Crippen LogP contribution >= 0.6 is 0 Å². The highest BCUT2D eigenvalue weighted by Gasteiger charge is 1.92. The van der Waals surface area contributed by atoms with E-state index in [4.69, 9.17) is 0 Å². The maximum absolute atomic E-state index is 2.35. The Morgan fingerprint density at radius 1 is 0.600 bits per heavy atom. The van der Waals surface area contributed by atoms with Gasteiger partial charge in [-0.05, 0) is 44.5 Å². The third-order valence-electron chi connectivity index (χ3n) is 3.52. The summed E-state index contributed by atoms with van der Waals surface area (Å²) in [5.74, 6) is 0. The number of rotatable bonds is 14. The molecule has 0 unspecified atom stereocenters. The fourth-order valence-corrected chi connectivity index (χ4v) is 2.25. The summed E-state index contributed by atoms with van der Waals surface area (Å²) in [5, 5.41) is 0. The van der Waals surface area contributed by atoms with Crippen molar-refractivity contribution < 1.29 is 0 Å². The molecule has 0 aromatic carbocycles. The Hall–Kier alpha value is -0.720. The summed E-state index contributed by atoms with van der Waals surface area (Å²) in [7, 11) is 0. The molecule has 20 heavy (non-hydrogen) atoms. The van der Waals surface area contributed by atoms with Crippen LogP contribution in [-0.4, -0.2) is 11.4 Å². The lowest BCUT2D eigenvalue weighted by Gasteiger charge is -2.14. The van der Waals surface area contributed by atoms with E-state index in [2.05, 4.69) is 50.2 Å². The van der Waals surface area contributed by atoms with Gasteiger partial charge >= 0.3 is 0 Å². The first-order valence-corrected chi connectivity index (χ1v) is 8.94. The molecule has 0 aromatic rings. The van der Waals surface area contributed by atoms with Gasteiger partial charge in [0.15, 0.2) is 0 Å². The summed E-state index contributed by atoms with van der Waals surface area (Å²) < 4.78 is 0. The van der Waals surface area contributed by atoms with Crippen molar-refractivity contribution in [1.29, 1.82) is 0 Å². The van der Waals surface area contributed by atoms with Crippen LogP contribution in [0.2, 0.25) is 0 Å². The van der Waals surface area contributed by atoms with Crippen LogP contribution < -0.4 is 0 Å². The number of unbranched alkanes of at least 4 members (excludes halogenated alkanes) is 8. The normalized spacial score (nSPS) is 11.8. The van der Waals surface area contributed by atoms with Crippen molar-refractivity contribution in [2.75, 3.05) is 6.54 Å². The molecule has 0 bridgehead atoms. The van der Waals surface area contributed by atoms with Gasteiger partial charge in [-0.2, -0.15) is 0 Å². The van der Waals surface area contributed by atoms with Crippen LogP contribution in [0.25, 0.3) is 0 Å². The molecule has 0 amide bonds. The second kappa shape index (κ2) is 16.3. The van der Waals surface area contributed by atoms with Crippen LogP contribution in [0.3, 0.4) is 0 Å². The molecule has 0 fully saturated rings. The van der Waals surface area contributed by atoms with Gasteiger partial charge in [0.1, 0.15) is 0 Å². The molecular weight excluding hydrogens is 242 g/mol. The van der Waals surface area contributed by atoms with Crippen molar-refractivity contribution >= 4 is 0 Å². The van der Waals surface area contributed by atoms with Crippen molar-refractivity contribution in [1.82, 2.24) is 4.90 Å². The van der Waals surface area contributed by atoms with E-state index in [-0.39, 0.29) is 0 Å². The maximum Gasteiger partial charge on any atom is 0.0216 e. The van der Waals surface area contributed by atoms with Gasteiger partial charge in [0.2, 0.25) is 0 Å². The molecule has 0 heterocycles. The highest BCUT2D eigenvalue weighted by molar-refractivity contribution is 4.91. The summed E-state index contributed by atoms with van der Waals surface area (Å²) in [5.41, 5.74) is 0. The summed E-state index contributed by atoms with van der Waals surface area (Å²) in [4.78, 5) is 2.35. The minimum Gasteiger partial charge on any atom is -0.355 e. The second-order valence-corrected chi connectivity index (χ2v) is 5.71. The van der Waals surface area contributed by atoms with Gasteiger partial charge in [-0.3, -0.25) is 0 Å². The Balaban J connectivity index is 3.78. The third kappa shape index (κ3) is 13.7. The summed E-state index contributed by atoms with van der Waals surface area (Å²) in [6, 6.07) is 0. The average Bonchev–Trinajstić information content (AvgIpc) is 2.46. The van der Waals surface area contributed by atoms with Crippen molar-refractivity contribution in [3.05, 3.63) is 24.6 Å². The highest BCUT2D eigenvalue weighted by atomic mass is 15.1. The molecule has 0 rings (SSSR count). The fourth-order valence-electron chi connectivity index (χ4n) is 2.25. The fraction of sp³-hybridized carbons (Fsp3) is 0.789. The molecule has 1 heteroatoms. The zero-order chi connectivity index (χ0) is 14.9. The van der Waals surface area contributed by atoms with E-state index < -0.39 is 0 Å².